The van der Waals surface area contributed by atoms with Crippen molar-refractivity contribution in [2.45, 2.75) is 52.3 Å². The van der Waals surface area contributed by atoms with Crippen LogP contribution >= 0.6 is 0 Å². The molecule has 4 rings (SSSR count). The van der Waals surface area contributed by atoms with Gasteiger partial charge in [0.25, 0.3) is 0 Å². The van der Waals surface area contributed by atoms with Crippen molar-refractivity contribution in [3.63, 3.8) is 0 Å². The SMILES string of the molecule is CCCC[C@@H](O)CN(Cc1ccco1)Cc1c(C)nn(-c2ccccc2)c1Oc1ccc(OC)cc1. The van der Waals surface area contributed by atoms with Crippen LogP contribution in [0.1, 0.15) is 43.2 Å². The first-order valence-corrected chi connectivity index (χ1v) is 12.5. The third-order valence-corrected chi connectivity index (χ3v) is 6.11. The summed E-state index contributed by atoms with van der Waals surface area (Å²) in [5.41, 5.74) is 2.75. The molecule has 0 amide bonds. The molecule has 7 nitrogen and oxygen atoms in total. The van der Waals surface area contributed by atoms with Crippen molar-refractivity contribution in [2.75, 3.05) is 13.7 Å². The smallest absolute Gasteiger partial charge is 0.227 e. The van der Waals surface area contributed by atoms with Crippen LogP contribution in [0.2, 0.25) is 0 Å². The highest BCUT2D eigenvalue weighted by molar-refractivity contribution is 5.44. The minimum atomic E-state index is -0.421. The Morgan fingerprint density at radius 3 is 2.42 bits per heavy atom. The maximum atomic E-state index is 10.7. The van der Waals surface area contributed by atoms with E-state index in [9.17, 15) is 5.11 Å². The van der Waals surface area contributed by atoms with Crippen LogP contribution in [0.25, 0.3) is 5.69 Å². The highest BCUT2D eigenvalue weighted by Gasteiger charge is 2.23. The van der Waals surface area contributed by atoms with Crippen LogP contribution in [0.3, 0.4) is 0 Å². The Morgan fingerprint density at radius 2 is 1.75 bits per heavy atom. The van der Waals surface area contributed by atoms with Crippen LogP contribution in [-0.4, -0.2) is 39.5 Å². The second kappa shape index (κ2) is 12.4. The van der Waals surface area contributed by atoms with Gasteiger partial charge in [-0.15, -0.1) is 0 Å². The number of unbranched alkanes of at least 4 members (excludes halogenated alkanes) is 1. The van der Waals surface area contributed by atoms with E-state index < -0.39 is 6.10 Å². The van der Waals surface area contributed by atoms with Crippen molar-refractivity contribution >= 4 is 0 Å². The van der Waals surface area contributed by atoms with Gasteiger partial charge < -0.3 is 19.0 Å². The summed E-state index contributed by atoms with van der Waals surface area (Å²) < 4.78 is 19.2. The normalized spacial score (nSPS) is 12.1. The summed E-state index contributed by atoms with van der Waals surface area (Å²) in [5.74, 6) is 2.95. The number of hydrogen-bond acceptors (Lipinski definition) is 6. The molecule has 1 N–H and O–H groups in total. The number of aromatic nitrogens is 2. The summed E-state index contributed by atoms with van der Waals surface area (Å²) in [7, 11) is 1.64. The van der Waals surface area contributed by atoms with Crippen LogP contribution in [0.5, 0.6) is 17.4 Å². The van der Waals surface area contributed by atoms with Gasteiger partial charge in [-0.05, 0) is 61.9 Å². The van der Waals surface area contributed by atoms with Gasteiger partial charge in [0, 0.05) is 13.1 Å². The van der Waals surface area contributed by atoms with Gasteiger partial charge in [-0.2, -0.15) is 5.10 Å². The number of hydrogen-bond donors (Lipinski definition) is 1. The molecule has 190 valence electrons. The fourth-order valence-electron chi connectivity index (χ4n) is 4.19. The van der Waals surface area contributed by atoms with Crippen molar-refractivity contribution < 1.29 is 19.0 Å². The van der Waals surface area contributed by atoms with Crippen molar-refractivity contribution in [1.82, 2.24) is 14.7 Å². The van der Waals surface area contributed by atoms with Crippen molar-refractivity contribution in [1.29, 1.82) is 0 Å². The van der Waals surface area contributed by atoms with Gasteiger partial charge in [-0.1, -0.05) is 38.0 Å². The standard InChI is InChI=1S/C29H35N3O4/c1-4-5-12-24(33)19-31(20-27-13-9-18-35-27)21-28-22(2)30-32(23-10-7-6-8-11-23)29(28)36-26-16-14-25(34-3)15-17-26/h6-11,13-18,24,33H,4-5,12,19-21H2,1-3H3/t24-/m1/s1. The van der Waals surface area contributed by atoms with Gasteiger partial charge in [-0.25, -0.2) is 4.68 Å². The van der Waals surface area contributed by atoms with Crippen LogP contribution in [-0.2, 0) is 13.1 Å². The topological polar surface area (TPSA) is 72.9 Å². The largest absolute Gasteiger partial charge is 0.497 e. The number of aliphatic hydroxyl groups excluding tert-OH is 1. The molecule has 2 heterocycles. The molecule has 1 atom stereocenters. The lowest BCUT2D eigenvalue weighted by Gasteiger charge is -2.24. The zero-order valence-corrected chi connectivity index (χ0v) is 21.3. The summed E-state index contributed by atoms with van der Waals surface area (Å²) in [6, 6.07) is 21.3. The van der Waals surface area contributed by atoms with Gasteiger partial charge >= 0.3 is 0 Å². The lowest BCUT2D eigenvalue weighted by molar-refractivity contribution is 0.0915. The van der Waals surface area contributed by atoms with E-state index in [-0.39, 0.29) is 0 Å². The Labute approximate surface area is 212 Å². The molecule has 0 saturated heterocycles. The van der Waals surface area contributed by atoms with E-state index in [4.69, 9.17) is 19.0 Å². The number of ether oxygens (including phenoxy) is 2. The van der Waals surface area contributed by atoms with Gasteiger partial charge in [0.2, 0.25) is 5.88 Å². The van der Waals surface area contributed by atoms with Gasteiger partial charge in [-0.3, -0.25) is 4.90 Å². The summed E-state index contributed by atoms with van der Waals surface area (Å²) in [6.45, 7) is 5.78. The number of aryl methyl sites for hydroxylation is 1. The Morgan fingerprint density at radius 1 is 1.00 bits per heavy atom. The second-order valence-electron chi connectivity index (χ2n) is 8.94. The number of benzene rings is 2. The quantitative estimate of drug-likeness (QED) is 0.244. The predicted molar refractivity (Wildman–Crippen MR) is 140 cm³/mol. The second-order valence-corrected chi connectivity index (χ2v) is 8.94. The van der Waals surface area contributed by atoms with Gasteiger partial charge in [0.1, 0.15) is 17.3 Å². The van der Waals surface area contributed by atoms with Crippen LogP contribution in [0.4, 0.5) is 0 Å². The minimum absolute atomic E-state index is 0.421. The van der Waals surface area contributed by atoms with Crippen LogP contribution in [0, 0.1) is 6.92 Å². The first-order valence-electron chi connectivity index (χ1n) is 12.5. The molecular formula is C29H35N3O4. The van der Waals surface area contributed by atoms with E-state index >= 15 is 0 Å². The van der Waals surface area contributed by atoms with E-state index in [0.717, 1.165) is 47.7 Å². The lowest BCUT2D eigenvalue weighted by Crippen LogP contribution is -2.32. The molecule has 4 aromatic rings. The average Bonchev–Trinajstić information content (AvgIpc) is 3.52. The number of nitrogens with zero attached hydrogens (tertiary/aromatic N) is 3. The highest BCUT2D eigenvalue weighted by Crippen LogP contribution is 2.32. The van der Waals surface area contributed by atoms with Gasteiger partial charge in [0.15, 0.2) is 0 Å². The fraction of sp³-hybridized carbons (Fsp3) is 0.345. The molecular weight excluding hydrogens is 454 g/mol. The van der Waals surface area contributed by atoms with Crippen molar-refractivity contribution in [3.05, 3.63) is 90.0 Å². The number of para-hydroxylation sites is 1. The molecule has 0 aliphatic rings. The Kier molecular flexibility index (Phi) is 8.81. The highest BCUT2D eigenvalue weighted by atomic mass is 16.5. The van der Waals surface area contributed by atoms with E-state index in [0.29, 0.717) is 31.3 Å². The first kappa shape index (κ1) is 25.5. The minimum Gasteiger partial charge on any atom is -0.497 e. The fourth-order valence-corrected chi connectivity index (χ4v) is 4.19. The van der Waals surface area contributed by atoms with E-state index in [1.54, 1.807) is 13.4 Å². The third-order valence-electron chi connectivity index (χ3n) is 6.11. The molecule has 7 heteroatoms. The van der Waals surface area contributed by atoms with Gasteiger partial charge in [0.05, 0.1) is 43.0 Å². The van der Waals surface area contributed by atoms with E-state index in [2.05, 4.69) is 11.8 Å². The van der Waals surface area contributed by atoms with Crippen molar-refractivity contribution in [2.24, 2.45) is 0 Å². The van der Waals surface area contributed by atoms with E-state index in [1.165, 1.54) is 0 Å². The molecule has 0 radical (unpaired) electrons. The first-order chi connectivity index (χ1) is 17.6. The summed E-state index contributed by atoms with van der Waals surface area (Å²) in [5, 5.41) is 15.6. The molecule has 0 aliphatic heterocycles. The number of rotatable bonds is 13. The predicted octanol–water partition coefficient (Wildman–Crippen LogP) is 6.13. The number of aliphatic hydroxyl groups is 1. The summed E-state index contributed by atoms with van der Waals surface area (Å²) >= 11 is 0. The molecule has 2 aromatic heterocycles. The molecule has 0 aliphatic carbocycles. The number of methoxy groups -OCH3 is 1. The third kappa shape index (κ3) is 6.56. The molecule has 0 fully saturated rings. The van der Waals surface area contributed by atoms with E-state index in [1.807, 2.05) is 78.3 Å². The lowest BCUT2D eigenvalue weighted by atomic mass is 10.1. The zero-order chi connectivity index (χ0) is 25.3. The monoisotopic (exact) mass is 489 g/mol. The average molecular weight is 490 g/mol. The Balaban J connectivity index is 1.68. The van der Waals surface area contributed by atoms with Crippen LogP contribution < -0.4 is 9.47 Å². The maximum Gasteiger partial charge on any atom is 0.227 e. The molecule has 0 spiro atoms. The van der Waals surface area contributed by atoms with Crippen molar-refractivity contribution in [3.8, 4) is 23.1 Å². The van der Waals surface area contributed by atoms with Crippen LogP contribution in [0.15, 0.2) is 77.4 Å². The summed E-state index contributed by atoms with van der Waals surface area (Å²) in [6.07, 6.45) is 4.07. The number of furan rings is 1. The Bertz CT molecular complexity index is 1190. The maximum absolute atomic E-state index is 10.7. The molecule has 0 saturated carbocycles. The zero-order valence-electron chi connectivity index (χ0n) is 21.3. The molecule has 36 heavy (non-hydrogen) atoms. The summed E-state index contributed by atoms with van der Waals surface area (Å²) in [4.78, 5) is 2.19. The molecule has 0 bridgehead atoms. The molecule has 2 aromatic carbocycles. The molecule has 0 unspecified atom stereocenters. The Hall–Kier alpha value is -3.55.